The Morgan fingerprint density at radius 2 is 2.19 bits per heavy atom. The number of hydrogen-bond donors (Lipinski definition) is 1. The first-order valence-corrected chi connectivity index (χ1v) is 8.37. The van der Waals surface area contributed by atoms with Crippen LogP contribution in [0.15, 0.2) is 17.7 Å². The lowest BCUT2D eigenvalue weighted by Gasteiger charge is -2.32. The number of imidazole rings is 1. The Bertz CT molecular complexity index is 726. The number of aryl methyl sites for hydroxylation is 1. The first kappa shape index (κ1) is 14.5. The Morgan fingerprint density at radius 1 is 1.38 bits per heavy atom. The predicted octanol–water partition coefficient (Wildman–Crippen LogP) is 1.11. The standard InChI is InChI=1S/C11H15ClN6O2S/c1-17-7-14-11(9(17)12)21(19,20)18-5-3-2-4-8(18)10-13-6-15-16-10/h6-8H,2-5H2,1H3,(H,13,15,16)/t8-/m0/s1. The van der Waals surface area contributed by atoms with E-state index in [9.17, 15) is 8.42 Å². The zero-order valence-electron chi connectivity index (χ0n) is 11.4. The van der Waals surface area contributed by atoms with Crippen molar-refractivity contribution in [2.45, 2.75) is 30.3 Å². The topological polar surface area (TPSA) is 96.8 Å². The van der Waals surface area contributed by atoms with Crippen LogP contribution in [0.3, 0.4) is 0 Å². The van der Waals surface area contributed by atoms with E-state index in [0.29, 0.717) is 18.8 Å². The normalized spacial score (nSPS) is 20.8. The van der Waals surface area contributed by atoms with Crippen LogP contribution >= 0.6 is 11.6 Å². The van der Waals surface area contributed by atoms with Crippen LogP contribution in [0.4, 0.5) is 0 Å². The fourth-order valence-corrected chi connectivity index (χ4v) is 4.57. The van der Waals surface area contributed by atoms with E-state index in [-0.39, 0.29) is 16.2 Å². The van der Waals surface area contributed by atoms with Crippen molar-refractivity contribution in [3.63, 3.8) is 0 Å². The van der Waals surface area contributed by atoms with Gasteiger partial charge in [0.2, 0.25) is 5.03 Å². The molecule has 8 nitrogen and oxygen atoms in total. The highest BCUT2D eigenvalue weighted by atomic mass is 35.5. The van der Waals surface area contributed by atoms with Gasteiger partial charge in [0, 0.05) is 13.6 Å². The van der Waals surface area contributed by atoms with E-state index < -0.39 is 10.0 Å². The summed E-state index contributed by atoms with van der Waals surface area (Å²) in [6.07, 6.45) is 5.20. The highest BCUT2D eigenvalue weighted by molar-refractivity contribution is 7.89. The number of sulfonamides is 1. The number of nitrogens with one attached hydrogen (secondary N) is 1. The van der Waals surface area contributed by atoms with Gasteiger partial charge in [-0.05, 0) is 12.8 Å². The van der Waals surface area contributed by atoms with E-state index in [1.165, 1.54) is 21.5 Å². The smallest absolute Gasteiger partial charge is 0.264 e. The minimum Gasteiger partial charge on any atom is -0.324 e. The van der Waals surface area contributed by atoms with Gasteiger partial charge in [0.1, 0.15) is 17.3 Å². The summed E-state index contributed by atoms with van der Waals surface area (Å²) in [5.74, 6) is 0.547. The van der Waals surface area contributed by atoms with Gasteiger partial charge in [0.05, 0.1) is 12.4 Å². The second-order valence-corrected chi connectivity index (χ2v) is 7.11. The number of aromatic nitrogens is 5. The quantitative estimate of drug-likeness (QED) is 0.909. The molecule has 3 rings (SSSR count). The molecule has 1 fully saturated rings. The summed E-state index contributed by atoms with van der Waals surface area (Å²) < 4.78 is 28.5. The fourth-order valence-electron chi connectivity index (χ4n) is 2.52. The van der Waals surface area contributed by atoms with Gasteiger partial charge in [0.15, 0.2) is 0 Å². The third-order valence-corrected chi connectivity index (χ3v) is 5.99. The van der Waals surface area contributed by atoms with Gasteiger partial charge in [-0.15, -0.1) is 0 Å². The van der Waals surface area contributed by atoms with E-state index in [0.717, 1.165) is 12.8 Å². The molecule has 114 valence electrons. The molecule has 1 N–H and O–H groups in total. The number of H-pyrrole nitrogens is 1. The summed E-state index contributed by atoms with van der Waals surface area (Å²) in [5.41, 5.74) is 0. The first-order valence-electron chi connectivity index (χ1n) is 6.55. The minimum absolute atomic E-state index is 0.108. The third-order valence-electron chi connectivity index (χ3n) is 3.59. The average Bonchev–Trinajstić information content (AvgIpc) is 3.10. The maximum atomic E-state index is 12.8. The van der Waals surface area contributed by atoms with Crippen LogP contribution in [0.5, 0.6) is 0 Å². The summed E-state index contributed by atoms with van der Waals surface area (Å²) in [5, 5.41) is 6.55. The van der Waals surface area contributed by atoms with Crippen molar-refractivity contribution in [2.75, 3.05) is 6.54 Å². The maximum Gasteiger partial charge on any atom is 0.264 e. The molecule has 2 aromatic rings. The van der Waals surface area contributed by atoms with Gasteiger partial charge in [-0.3, -0.25) is 5.10 Å². The van der Waals surface area contributed by atoms with Crippen LogP contribution in [-0.4, -0.2) is 44.0 Å². The molecule has 0 unspecified atom stereocenters. The summed E-state index contributed by atoms with van der Waals surface area (Å²) in [6.45, 7) is 0.417. The van der Waals surface area contributed by atoms with Gasteiger partial charge in [-0.2, -0.15) is 9.40 Å². The van der Waals surface area contributed by atoms with E-state index in [4.69, 9.17) is 11.6 Å². The summed E-state index contributed by atoms with van der Waals surface area (Å²) in [6, 6.07) is -0.357. The second-order valence-electron chi connectivity index (χ2n) is 4.95. The fraction of sp³-hybridized carbons (Fsp3) is 0.545. The van der Waals surface area contributed by atoms with Crippen molar-refractivity contribution in [2.24, 2.45) is 7.05 Å². The van der Waals surface area contributed by atoms with Crippen molar-refractivity contribution < 1.29 is 8.42 Å². The Kier molecular flexibility index (Phi) is 3.72. The van der Waals surface area contributed by atoms with E-state index in [1.54, 1.807) is 7.05 Å². The average molecular weight is 331 g/mol. The number of halogens is 1. The highest BCUT2D eigenvalue weighted by Gasteiger charge is 2.38. The number of piperidine rings is 1. The van der Waals surface area contributed by atoms with Crippen LogP contribution in [0.2, 0.25) is 5.15 Å². The molecule has 10 heteroatoms. The Hall–Kier alpha value is -1.45. The van der Waals surface area contributed by atoms with Gasteiger partial charge in [0.25, 0.3) is 10.0 Å². The molecule has 0 bridgehead atoms. The van der Waals surface area contributed by atoms with Crippen molar-refractivity contribution in [3.8, 4) is 0 Å². The molecule has 1 aliphatic heterocycles. The van der Waals surface area contributed by atoms with Crippen molar-refractivity contribution in [1.82, 2.24) is 29.0 Å². The number of aromatic amines is 1. The SMILES string of the molecule is Cn1cnc(S(=O)(=O)N2CCCC[C@H]2c2ncn[nH]2)c1Cl. The molecule has 3 heterocycles. The molecule has 0 spiro atoms. The summed E-state index contributed by atoms with van der Waals surface area (Å²) >= 11 is 6.04. The van der Waals surface area contributed by atoms with Crippen LogP contribution < -0.4 is 0 Å². The van der Waals surface area contributed by atoms with Gasteiger partial charge < -0.3 is 4.57 Å². The molecule has 0 aromatic carbocycles. The van der Waals surface area contributed by atoms with Crippen LogP contribution in [0.25, 0.3) is 0 Å². The number of nitrogens with zero attached hydrogens (tertiary/aromatic N) is 5. The Labute approximate surface area is 127 Å². The van der Waals surface area contributed by atoms with Gasteiger partial charge >= 0.3 is 0 Å². The van der Waals surface area contributed by atoms with Crippen molar-refractivity contribution >= 4 is 21.6 Å². The molecular weight excluding hydrogens is 316 g/mol. The first-order chi connectivity index (χ1) is 10.0. The van der Waals surface area contributed by atoms with Crippen LogP contribution in [0.1, 0.15) is 31.1 Å². The molecule has 1 aliphatic rings. The molecule has 0 aliphatic carbocycles. The zero-order valence-corrected chi connectivity index (χ0v) is 13.0. The van der Waals surface area contributed by atoms with Crippen molar-refractivity contribution in [3.05, 3.63) is 23.6 Å². The van der Waals surface area contributed by atoms with Crippen LogP contribution in [0, 0.1) is 0 Å². The second kappa shape index (κ2) is 5.39. The maximum absolute atomic E-state index is 12.8. The molecular formula is C11H15ClN6O2S. The lowest BCUT2D eigenvalue weighted by molar-refractivity contribution is 0.246. The highest BCUT2D eigenvalue weighted by Crippen LogP contribution is 2.34. The molecule has 0 saturated carbocycles. The monoisotopic (exact) mass is 330 g/mol. The van der Waals surface area contributed by atoms with E-state index in [2.05, 4.69) is 20.2 Å². The third kappa shape index (κ3) is 2.45. The molecule has 1 saturated heterocycles. The van der Waals surface area contributed by atoms with E-state index >= 15 is 0 Å². The van der Waals surface area contributed by atoms with Gasteiger partial charge in [-0.25, -0.2) is 18.4 Å². The number of hydrogen-bond acceptors (Lipinski definition) is 5. The van der Waals surface area contributed by atoms with Crippen LogP contribution in [-0.2, 0) is 17.1 Å². The molecule has 0 radical (unpaired) electrons. The Balaban J connectivity index is 2.01. The number of rotatable bonds is 3. The summed E-state index contributed by atoms with van der Waals surface area (Å²) in [4.78, 5) is 8.03. The lowest BCUT2D eigenvalue weighted by atomic mass is 10.0. The van der Waals surface area contributed by atoms with Crippen molar-refractivity contribution in [1.29, 1.82) is 0 Å². The zero-order chi connectivity index (χ0) is 15.0. The lowest BCUT2D eigenvalue weighted by Crippen LogP contribution is -2.39. The predicted molar refractivity (Wildman–Crippen MR) is 75.1 cm³/mol. The summed E-state index contributed by atoms with van der Waals surface area (Å²) in [7, 11) is -2.11. The molecule has 21 heavy (non-hydrogen) atoms. The van der Waals surface area contributed by atoms with E-state index in [1.807, 2.05) is 0 Å². The minimum atomic E-state index is -3.77. The Morgan fingerprint density at radius 3 is 2.81 bits per heavy atom. The largest absolute Gasteiger partial charge is 0.324 e. The molecule has 1 atom stereocenters. The molecule has 2 aromatic heterocycles. The molecule has 0 amide bonds. The van der Waals surface area contributed by atoms with Gasteiger partial charge in [-0.1, -0.05) is 18.0 Å².